The molecule has 3 N–H and O–H groups in total. The van der Waals surface area contributed by atoms with Crippen LogP contribution in [0.3, 0.4) is 0 Å². The molecule has 1 aromatic heterocycles. The first-order valence-electron chi connectivity index (χ1n) is 5.99. The molecule has 1 rings (SSSR count). The number of carboxylic acid groups (broad SMARTS) is 1. The zero-order valence-corrected chi connectivity index (χ0v) is 10.9. The van der Waals surface area contributed by atoms with Gasteiger partial charge in [0, 0.05) is 18.2 Å². The molecule has 6 nitrogen and oxygen atoms in total. The fourth-order valence-electron chi connectivity index (χ4n) is 1.76. The lowest BCUT2D eigenvalue weighted by atomic mass is 10.1. The van der Waals surface area contributed by atoms with Crippen molar-refractivity contribution in [3.63, 3.8) is 0 Å². The third-order valence-corrected chi connectivity index (χ3v) is 2.75. The van der Waals surface area contributed by atoms with E-state index in [4.69, 9.17) is 5.11 Å². The zero-order valence-electron chi connectivity index (χ0n) is 10.9. The van der Waals surface area contributed by atoms with Crippen LogP contribution in [0.1, 0.15) is 48.2 Å². The van der Waals surface area contributed by atoms with Crippen molar-refractivity contribution in [1.82, 2.24) is 15.3 Å². The van der Waals surface area contributed by atoms with E-state index in [1.54, 1.807) is 13.8 Å². The van der Waals surface area contributed by atoms with Gasteiger partial charge in [0.1, 0.15) is 11.5 Å². The number of carboxylic acids is 1. The van der Waals surface area contributed by atoms with Crippen LogP contribution in [0.2, 0.25) is 0 Å². The molecule has 1 amide bonds. The minimum Gasteiger partial charge on any atom is -0.481 e. The van der Waals surface area contributed by atoms with Crippen molar-refractivity contribution in [1.29, 1.82) is 0 Å². The van der Waals surface area contributed by atoms with Gasteiger partial charge in [0.15, 0.2) is 0 Å². The number of nitrogens with zero attached hydrogens (tertiary/aromatic N) is 1. The molecule has 18 heavy (non-hydrogen) atoms. The van der Waals surface area contributed by atoms with Crippen LogP contribution in [0.25, 0.3) is 0 Å². The SMILES string of the molecule is CCC(CCC(=O)O)NC(=O)c1nc(C)[nH]c1C. The van der Waals surface area contributed by atoms with Gasteiger partial charge >= 0.3 is 5.97 Å². The highest BCUT2D eigenvalue weighted by Crippen LogP contribution is 2.07. The lowest BCUT2D eigenvalue weighted by Crippen LogP contribution is -2.35. The summed E-state index contributed by atoms with van der Waals surface area (Å²) in [5.74, 6) is -0.417. The molecule has 0 aliphatic heterocycles. The van der Waals surface area contributed by atoms with Crippen molar-refractivity contribution in [3.8, 4) is 0 Å². The van der Waals surface area contributed by atoms with Gasteiger partial charge in [-0.25, -0.2) is 4.98 Å². The second kappa shape index (κ2) is 6.18. The van der Waals surface area contributed by atoms with Gasteiger partial charge in [0.05, 0.1) is 0 Å². The van der Waals surface area contributed by atoms with Crippen molar-refractivity contribution >= 4 is 11.9 Å². The highest BCUT2D eigenvalue weighted by molar-refractivity contribution is 5.93. The lowest BCUT2D eigenvalue weighted by molar-refractivity contribution is -0.137. The van der Waals surface area contributed by atoms with Crippen LogP contribution in [0, 0.1) is 13.8 Å². The van der Waals surface area contributed by atoms with Crippen molar-refractivity contribution in [2.24, 2.45) is 0 Å². The third kappa shape index (κ3) is 3.87. The van der Waals surface area contributed by atoms with Gasteiger partial charge in [-0.1, -0.05) is 6.92 Å². The molecule has 0 spiro atoms. The number of aryl methyl sites for hydroxylation is 2. The van der Waals surface area contributed by atoms with E-state index in [-0.39, 0.29) is 18.4 Å². The first kappa shape index (κ1) is 14.2. The molecule has 1 unspecified atom stereocenters. The highest BCUT2D eigenvalue weighted by Gasteiger charge is 2.17. The maximum Gasteiger partial charge on any atom is 0.303 e. The molecular weight excluding hydrogens is 234 g/mol. The molecule has 0 radical (unpaired) electrons. The number of aromatic nitrogens is 2. The fourth-order valence-corrected chi connectivity index (χ4v) is 1.76. The van der Waals surface area contributed by atoms with E-state index in [1.165, 1.54) is 0 Å². The molecule has 1 atom stereocenters. The van der Waals surface area contributed by atoms with E-state index in [0.717, 1.165) is 5.69 Å². The molecule has 6 heteroatoms. The van der Waals surface area contributed by atoms with Crippen LogP contribution in [0.5, 0.6) is 0 Å². The summed E-state index contributed by atoms with van der Waals surface area (Å²) in [4.78, 5) is 29.5. The number of carbonyl (C=O) groups is 2. The normalized spacial score (nSPS) is 12.2. The van der Waals surface area contributed by atoms with Crippen LogP contribution >= 0.6 is 0 Å². The summed E-state index contributed by atoms with van der Waals surface area (Å²) < 4.78 is 0. The van der Waals surface area contributed by atoms with Crippen LogP contribution in [-0.4, -0.2) is 33.0 Å². The Morgan fingerprint density at radius 2 is 2.11 bits per heavy atom. The first-order chi connectivity index (χ1) is 8.43. The van der Waals surface area contributed by atoms with Crippen molar-refractivity contribution in [3.05, 3.63) is 17.2 Å². The minimum atomic E-state index is -0.852. The Balaban J connectivity index is 2.62. The average molecular weight is 253 g/mol. The number of hydrogen-bond donors (Lipinski definition) is 3. The van der Waals surface area contributed by atoms with Gasteiger partial charge < -0.3 is 15.4 Å². The van der Waals surface area contributed by atoms with Crippen LogP contribution in [0.15, 0.2) is 0 Å². The summed E-state index contributed by atoms with van der Waals surface area (Å²) >= 11 is 0. The Kier molecular flexibility index (Phi) is 4.88. The van der Waals surface area contributed by atoms with Crippen LogP contribution in [-0.2, 0) is 4.79 Å². The lowest BCUT2D eigenvalue weighted by Gasteiger charge is -2.15. The summed E-state index contributed by atoms with van der Waals surface area (Å²) in [6.45, 7) is 5.48. The number of aliphatic carboxylic acids is 1. The van der Waals surface area contributed by atoms with Gasteiger partial charge in [0.25, 0.3) is 5.91 Å². The van der Waals surface area contributed by atoms with Crippen LogP contribution < -0.4 is 5.32 Å². The molecule has 0 saturated heterocycles. The number of aromatic amines is 1. The average Bonchev–Trinajstić information content (AvgIpc) is 2.63. The molecular formula is C12H19N3O3. The predicted molar refractivity (Wildman–Crippen MR) is 66.5 cm³/mol. The summed E-state index contributed by atoms with van der Waals surface area (Å²) in [5.41, 5.74) is 1.10. The molecule has 0 aromatic carbocycles. The Hall–Kier alpha value is -1.85. The number of nitrogens with one attached hydrogen (secondary N) is 2. The van der Waals surface area contributed by atoms with Gasteiger partial charge in [0.2, 0.25) is 0 Å². The number of hydrogen-bond acceptors (Lipinski definition) is 3. The molecule has 1 heterocycles. The zero-order chi connectivity index (χ0) is 13.7. The van der Waals surface area contributed by atoms with E-state index >= 15 is 0 Å². The number of amides is 1. The number of carbonyl (C=O) groups excluding carboxylic acids is 1. The summed E-state index contributed by atoms with van der Waals surface area (Å²) in [6.07, 6.45) is 1.18. The third-order valence-electron chi connectivity index (χ3n) is 2.75. The number of rotatable bonds is 6. The Morgan fingerprint density at radius 3 is 2.56 bits per heavy atom. The van der Waals surface area contributed by atoms with Crippen molar-refractivity contribution in [2.75, 3.05) is 0 Å². The van der Waals surface area contributed by atoms with Gasteiger partial charge in [-0.2, -0.15) is 0 Å². The maximum atomic E-state index is 12.0. The number of imidazole rings is 1. The smallest absolute Gasteiger partial charge is 0.303 e. The van der Waals surface area contributed by atoms with Gasteiger partial charge in [-0.05, 0) is 26.7 Å². The highest BCUT2D eigenvalue weighted by atomic mass is 16.4. The van der Waals surface area contributed by atoms with E-state index in [0.29, 0.717) is 24.4 Å². The Labute approximate surface area is 106 Å². The quantitative estimate of drug-likeness (QED) is 0.714. The van der Waals surface area contributed by atoms with Crippen molar-refractivity contribution < 1.29 is 14.7 Å². The largest absolute Gasteiger partial charge is 0.481 e. The second-order valence-electron chi connectivity index (χ2n) is 4.31. The molecule has 0 bridgehead atoms. The summed E-state index contributed by atoms with van der Waals surface area (Å²) in [7, 11) is 0. The van der Waals surface area contributed by atoms with Gasteiger partial charge in [-0.3, -0.25) is 9.59 Å². The predicted octanol–water partition coefficient (Wildman–Crippen LogP) is 1.40. The van der Waals surface area contributed by atoms with E-state index in [9.17, 15) is 9.59 Å². The molecule has 0 fully saturated rings. The molecule has 1 aromatic rings. The molecule has 0 aliphatic rings. The standard InChI is InChI=1S/C12H19N3O3/c1-4-9(5-6-10(16)17)15-12(18)11-7(2)13-8(3)14-11/h9H,4-6H2,1-3H3,(H,13,14)(H,15,18)(H,16,17). The maximum absolute atomic E-state index is 12.0. The first-order valence-corrected chi connectivity index (χ1v) is 5.99. The van der Waals surface area contributed by atoms with E-state index in [2.05, 4.69) is 15.3 Å². The second-order valence-corrected chi connectivity index (χ2v) is 4.31. The molecule has 0 aliphatic carbocycles. The summed E-state index contributed by atoms with van der Waals surface area (Å²) in [5, 5.41) is 11.4. The topological polar surface area (TPSA) is 95.1 Å². The minimum absolute atomic E-state index is 0.0529. The van der Waals surface area contributed by atoms with E-state index in [1.807, 2.05) is 6.92 Å². The summed E-state index contributed by atoms with van der Waals surface area (Å²) in [6, 6.07) is -0.134. The van der Waals surface area contributed by atoms with E-state index < -0.39 is 5.97 Å². The molecule has 0 saturated carbocycles. The van der Waals surface area contributed by atoms with Gasteiger partial charge in [-0.15, -0.1) is 0 Å². The fraction of sp³-hybridized carbons (Fsp3) is 0.583. The van der Waals surface area contributed by atoms with Crippen LogP contribution in [0.4, 0.5) is 0 Å². The monoisotopic (exact) mass is 253 g/mol. The molecule has 100 valence electrons. The van der Waals surface area contributed by atoms with Crippen molar-refractivity contribution in [2.45, 2.75) is 46.1 Å². The Morgan fingerprint density at radius 1 is 1.44 bits per heavy atom. The Bertz CT molecular complexity index is 440. The number of H-pyrrole nitrogens is 1.